The zero-order valence-electron chi connectivity index (χ0n) is 20.7. The maximum atomic E-state index is 12.2. The highest BCUT2D eigenvalue weighted by Gasteiger charge is 2.21. The molecule has 1 amide bonds. The summed E-state index contributed by atoms with van der Waals surface area (Å²) in [5.41, 5.74) is 2.55. The summed E-state index contributed by atoms with van der Waals surface area (Å²) in [5.74, 6) is 6.34. The molecule has 2 aromatic heterocycles. The second kappa shape index (κ2) is 10.3. The number of benzene rings is 1. The van der Waals surface area contributed by atoms with Gasteiger partial charge in [0, 0.05) is 29.4 Å². The summed E-state index contributed by atoms with van der Waals surface area (Å²) >= 11 is 0. The van der Waals surface area contributed by atoms with Gasteiger partial charge in [0.25, 0.3) is 5.91 Å². The highest BCUT2D eigenvalue weighted by atomic mass is 16.3. The molecule has 184 valence electrons. The van der Waals surface area contributed by atoms with Gasteiger partial charge in [0.1, 0.15) is 0 Å². The first-order valence-electron chi connectivity index (χ1n) is 12.1. The first-order chi connectivity index (χ1) is 16.7. The van der Waals surface area contributed by atoms with E-state index in [1.807, 2.05) is 56.5 Å². The molecule has 0 unspecified atom stereocenters. The average molecular weight is 476 g/mol. The van der Waals surface area contributed by atoms with Crippen molar-refractivity contribution in [3.05, 3.63) is 30.6 Å². The van der Waals surface area contributed by atoms with Gasteiger partial charge in [-0.2, -0.15) is 9.97 Å². The van der Waals surface area contributed by atoms with Gasteiger partial charge in [-0.3, -0.25) is 4.79 Å². The van der Waals surface area contributed by atoms with E-state index in [1.165, 1.54) is 0 Å². The lowest BCUT2D eigenvalue weighted by molar-refractivity contribution is -0.111. The fourth-order valence-corrected chi connectivity index (χ4v) is 3.95. The lowest BCUT2D eigenvalue weighted by Crippen LogP contribution is -2.29. The van der Waals surface area contributed by atoms with Gasteiger partial charge in [0.05, 0.1) is 12.4 Å². The smallest absolute Gasteiger partial charge is 0.300 e. The van der Waals surface area contributed by atoms with Crippen LogP contribution in [0.2, 0.25) is 0 Å². The summed E-state index contributed by atoms with van der Waals surface area (Å²) < 4.78 is 1.97. The quantitative estimate of drug-likeness (QED) is 0.393. The number of hydrogen-bond acceptors (Lipinski definition) is 7. The number of nitrogens with zero attached hydrogens (tertiary/aromatic N) is 4. The summed E-state index contributed by atoms with van der Waals surface area (Å²) in [5, 5.41) is 19.4. The molecule has 0 atom stereocenters. The van der Waals surface area contributed by atoms with E-state index in [-0.39, 0.29) is 23.5 Å². The Labute approximate surface area is 205 Å². The number of aliphatic hydroxyl groups is 1. The van der Waals surface area contributed by atoms with Gasteiger partial charge >= 0.3 is 0 Å². The number of aromatic nitrogens is 4. The van der Waals surface area contributed by atoms with Gasteiger partial charge in [-0.05, 0) is 77.5 Å². The maximum Gasteiger partial charge on any atom is 0.300 e. The Kier molecular flexibility index (Phi) is 7.22. The molecule has 1 aliphatic carbocycles. The Balaban J connectivity index is 1.57. The van der Waals surface area contributed by atoms with Gasteiger partial charge in [-0.1, -0.05) is 12.0 Å². The molecule has 1 saturated carbocycles. The predicted octanol–water partition coefficient (Wildman–Crippen LogP) is 4.29. The number of aryl methyl sites for hydroxylation is 1. The first kappa shape index (κ1) is 24.5. The minimum Gasteiger partial charge on any atom is -0.393 e. The Morgan fingerprint density at radius 2 is 1.91 bits per heavy atom. The van der Waals surface area contributed by atoms with E-state index in [2.05, 4.69) is 32.8 Å². The van der Waals surface area contributed by atoms with Gasteiger partial charge in [0.15, 0.2) is 17.0 Å². The number of nitrogens with one attached hydrogen (secondary N) is 3. The maximum absolute atomic E-state index is 12.2. The molecule has 1 aromatic carbocycles. The Bertz CT molecular complexity index is 1260. The molecule has 4 N–H and O–H groups in total. The summed E-state index contributed by atoms with van der Waals surface area (Å²) in [4.78, 5) is 26.2. The number of aliphatic hydroxyl groups excluding tert-OH is 1. The summed E-state index contributed by atoms with van der Waals surface area (Å²) in [6.45, 7) is 8.66. The topological polar surface area (TPSA) is 117 Å². The summed E-state index contributed by atoms with van der Waals surface area (Å²) in [7, 11) is 0. The zero-order chi connectivity index (χ0) is 25.0. The fourth-order valence-electron chi connectivity index (χ4n) is 3.95. The molecule has 9 nitrogen and oxygen atoms in total. The molecular weight excluding hydrogens is 442 g/mol. The molecule has 4 rings (SSSR count). The number of carbonyl (C=O) groups excluding carboxylic acids is 1. The Morgan fingerprint density at radius 3 is 2.63 bits per heavy atom. The van der Waals surface area contributed by atoms with Gasteiger partial charge < -0.3 is 25.6 Å². The number of imidazole rings is 1. The van der Waals surface area contributed by atoms with Crippen LogP contribution >= 0.6 is 0 Å². The highest BCUT2D eigenvalue weighted by Crippen LogP contribution is 2.27. The van der Waals surface area contributed by atoms with E-state index in [0.717, 1.165) is 43.6 Å². The van der Waals surface area contributed by atoms with Crippen LogP contribution in [0.25, 0.3) is 11.2 Å². The van der Waals surface area contributed by atoms with E-state index in [4.69, 9.17) is 9.97 Å². The summed E-state index contributed by atoms with van der Waals surface area (Å²) in [6.07, 6.45) is 4.83. The number of hydrogen-bond donors (Lipinski definition) is 4. The van der Waals surface area contributed by atoms with E-state index in [9.17, 15) is 9.90 Å². The first-order valence-corrected chi connectivity index (χ1v) is 12.1. The third-order valence-electron chi connectivity index (χ3n) is 5.77. The summed E-state index contributed by atoms with van der Waals surface area (Å²) in [6, 6.07) is 7.61. The molecule has 2 heterocycles. The minimum atomic E-state index is -0.354. The molecule has 3 aromatic rings. The van der Waals surface area contributed by atoms with Crippen molar-refractivity contribution in [1.29, 1.82) is 0 Å². The molecular formula is C26H33N7O2. The molecule has 35 heavy (non-hydrogen) atoms. The molecule has 1 aliphatic rings. The van der Waals surface area contributed by atoms with Crippen LogP contribution in [0.5, 0.6) is 0 Å². The SMILES string of the molecule is CCn1cnc2c(Nc3cccc(NC(=O)C#CC(C)(C)C)c3)nc(NC3CCC(O)CC3)nc21. The molecule has 0 bridgehead atoms. The van der Waals surface area contributed by atoms with Crippen LogP contribution in [0.1, 0.15) is 53.4 Å². The third kappa shape index (κ3) is 6.49. The monoisotopic (exact) mass is 475 g/mol. The molecule has 1 fully saturated rings. The lowest BCUT2D eigenvalue weighted by Gasteiger charge is -2.26. The van der Waals surface area contributed by atoms with Gasteiger partial charge in [0.2, 0.25) is 5.95 Å². The number of carbonyl (C=O) groups is 1. The fraction of sp³-hybridized carbons (Fsp3) is 0.462. The number of amides is 1. The molecule has 9 heteroatoms. The van der Waals surface area contributed by atoms with E-state index < -0.39 is 0 Å². The van der Waals surface area contributed by atoms with Crippen molar-refractivity contribution in [2.24, 2.45) is 5.41 Å². The van der Waals surface area contributed by atoms with Crippen molar-refractivity contribution in [3.8, 4) is 11.8 Å². The van der Waals surface area contributed by atoms with Crippen molar-refractivity contribution in [2.45, 2.75) is 72.1 Å². The van der Waals surface area contributed by atoms with E-state index >= 15 is 0 Å². The second-order valence-corrected chi connectivity index (χ2v) is 9.91. The van der Waals surface area contributed by atoms with E-state index in [1.54, 1.807) is 6.33 Å². The Hall–Kier alpha value is -3.64. The number of rotatable bonds is 6. The van der Waals surface area contributed by atoms with Gasteiger partial charge in [-0.25, -0.2) is 4.98 Å². The van der Waals surface area contributed by atoms with Crippen LogP contribution in [0, 0.1) is 17.3 Å². The third-order valence-corrected chi connectivity index (χ3v) is 5.77. The van der Waals surface area contributed by atoms with Crippen molar-refractivity contribution in [1.82, 2.24) is 19.5 Å². The second-order valence-electron chi connectivity index (χ2n) is 9.91. The van der Waals surface area contributed by atoms with Crippen molar-refractivity contribution < 1.29 is 9.90 Å². The van der Waals surface area contributed by atoms with Crippen LogP contribution in [-0.4, -0.2) is 42.7 Å². The highest BCUT2D eigenvalue weighted by molar-refractivity contribution is 6.04. The lowest BCUT2D eigenvalue weighted by atomic mass is 9.93. The van der Waals surface area contributed by atoms with Crippen LogP contribution in [0.3, 0.4) is 0 Å². The standard InChI is InChI=1S/C26H33N7O2/c1-5-33-16-27-22-23(31-25(32-24(22)33)30-17-9-11-20(34)12-10-17)29-19-8-6-7-18(15-19)28-21(35)13-14-26(2,3)4/h6-8,15-17,20,34H,5,9-12H2,1-4H3,(H,28,35)(H2,29,30,31,32). The van der Waals surface area contributed by atoms with Crippen molar-refractivity contribution in [3.63, 3.8) is 0 Å². The van der Waals surface area contributed by atoms with Crippen molar-refractivity contribution >= 4 is 40.2 Å². The normalized spacial score (nSPS) is 18.0. The molecule has 0 radical (unpaired) electrons. The van der Waals surface area contributed by atoms with Gasteiger partial charge in [-0.15, -0.1) is 0 Å². The largest absolute Gasteiger partial charge is 0.393 e. The van der Waals surface area contributed by atoms with Crippen LogP contribution in [0.15, 0.2) is 30.6 Å². The average Bonchev–Trinajstić information content (AvgIpc) is 3.22. The van der Waals surface area contributed by atoms with Crippen LogP contribution in [-0.2, 0) is 11.3 Å². The van der Waals surface area contributed by atoms with Crippen LogP contribution in [0.4, 0.5) is 23.1 Å². The minimum absolute atomic E-state index is 0.217. The van der Waals surface area contributed by atoms with E-state index in [0.29, 0.717) is 23.0 Å². The van der Waals surface area contributed by atoms with Crippen molar-refractivity contribution in [2.75, 3.05) is 16.0 Å². The molecule has 0 spiro atoms. The molecule has 0 aliphatic heterocycles. The van der Waals surface area contributed by atoms with Crippen LogP contribution < -0.4 is 16.0 Å². The molecule has 0 saturated heterocycles. The predicted molar refractivity (Wildman–Crippen MR) is 138 cm³/mol. The zero-order valence-corrected chi connectivity index (χ0v) is 20.7. The Morgan fingerprint density at radius 1 is 1.17 bits per heavy atom. The number of fused-ring (bicyclic) bond motifs is 1. The number of anilines is 4.